The van der Waals surface area contributed by atoms with Crippen LogP contribution in [0, 0.1) is 11.8 Å². The Labute approximate surface area is 329 Å². The first-order valence-corrected chi connectivity index (χ1v) is 20.7. The molecule has 0 radical (unpaired) electrons. The van der Waals surface area contributed by atoms with E-state index in [-0.39, 0.29) is 0 Å². The molecule has 0 N–H and O–H groups in total. The molecule has 0 saturated carbocycles. The van der Waals surface area contributed by atoms with Crippen molar-refractivity contribution in [1.29, 1.82) is 0 Å². The summed E-state index contributed by atoms with van der Waals surface area (Å²) in [6.07, 6.45) is 14.6. The third-order valence-electron chi connectivity index (χ3n) is 13.7. The summed E-state index contributed by atoms with van der Waals surface area (Å²) >= 11 is 0. The summed E-state index contributed by atoms with van der Waals surface area (Å²) < 4.78 is 20.6. The van der Waals surface area contributed by atoms with Gasteiger partial charge in [0.15, 0.2) is 37.9 Å². The van der Waals surface area contributed by atoms with E-state index in [0.29, 0.717) is 0 Å². The highest BCUT2D eigenvalue weighted by Crippen LogP contribution is 2.37. The number of methoxy groups -OCH3 is 2. The first-order chi connectivity index (χ1) is 27.4. The van der Waals surface area contributed by atoms with Crippen LogP contribution in [0.25, 0.3) is 65.2 Å². The van der Waals surface area contributed by atoms with Crippen LogP contribution in [0.15, 0.2) is 97.6 Å². The van der Waals surface area contributed by atoms with Gasteiger partial charge >= 0.3 is 0 Å². The van der Waals surface area contributed by atoms with Gasteiger partial charge in [-0.25, -0.2) is 9.13 Å². The molecule has 0 aliphatic carbocycles. The van der Waals surface area contributed by atoms with Crippen molar-refractivity contribution in [2.75, 3.05) is 53.5 Å². The first-order valence-electron chi connectivity index (χ1n) is 20.7. The van der Waals surface area contributed by atoms with Gasteiger partial charge in [0.2, 0.25) is 0 Å². The van der Waals surface area contributed by atoms with Crippen LogP contribution in [0.3, 0.4) is 0 Å². The molecule has 4 aromatic heterocycles. The van der Waals surface area contributed by atoms with Crippen molar-refractivity contribution in [3.63, 3.8) is 0 Å². The number of likely N-dealkylation sites (tertiary alicyclic amines) is 2. The molecule has 8 aromatic rings. The molecule has 0 amide bonds. The minimum absolute atomic E-state index is 0.870. The van der Waals surface area contributed by atoms with Gasteiger partial charge in [-0.2, -0.15) is 0 Å². The highest BCUT2D eigenvalue weighted by molar-refractivity contribution is 6.21. The molecule has 6 heterocycles. The maximum atomic E-state index is 5.61. The SMILES string of the molecule is COc1ccc2c(c1)c1c3c[n+](CCN4CCC(C5CCN(CC[n+]6ccc7ccc8c(c7c6)c6cc(OC)ccc6n8C)CC5)CC4)ccc3ccc1n2C. The molecule has 4 aromatic carbocycles. The maximum absolute atomic E-state index is 5.61. The lowest BCUT2D eigenvalue weighted by atomic mass is 9.79. The number of rotatable bonds is 9. The summed E-state index contributed by atoms with van der Waals surface area (Å²) in [5.74, 6) is 3.55. The molecule has 2 saturated heterocycles. The highest BCUT2D eigenvalue weighted by Gasteiger charge is 2.30. The fourth-order valence-electron chi connectivity index (χ4n) is 10.3. The molecule has 10 rings (SSSR count). The van der Waals surface area contributed by atoms with E-state index in [1.807, 2.05) is 0 Å². The minimum atomic E-state index is 0.870. The Kier molecular flexibility index (Phi) is 9.06. The van der Waals surface area contributed by atoms with Gasteiger partial charge < -0.3 is 18.6 Å². The molecule has 2 aliphatic rings. The molecule has 8 nitrogen and oxygen atoms in total. The zero-order valence-corrected chi connectivity index (χ0v) is 33.4. The summed E-state index contributed by atoms with van der Waals surface area (Å²) in [6, 6.07) is 26.5. The fraction of sp³-hybridized carbons (Fsp3) is 0.375. The highest BCUT2D eigenvalue weighted by atomic mass is 16.5. The predicted octanol–water partition coefficient (Wildman–Crippen LogP) is 8.00. The van der Waals surface area contributed by atoms with Crippen molar-refractivity contribution < 1.29 is 18.6 Å². The standard InChI is InChI=1S/C48H54N6O2/c1-49-43-11-7-37(55-3)29-39(43)47-41-31-53(23-17-35(41)5-9-45(47)49)27-25-51-19-13-33(14-20-51)34-15-21-52(22-16-34)26-28-54-24-18-36-6-10-46-48(42(36)32-54)40-30-38(56-4)8-12-44(40)50(46)2/h5-12,17-18,23-24,29-34H,13-16,19-22,25-28H2,1-4H3/q+2. The number of aromatic nitrogens is 4. The number of benzene rings is 4. The summed E-state index contributed by atoms with van der Waals surface area (Å²) in [5.41, 5.74) is 5.00. The topological polar surface area (TPSA) is 42.6 Å². The molecule has 2 fully saturated rings. The summed E-state index contributed by atoms with van der Waals surface area (Å²) in [5, 5.41) is 10.3. The molecular weight excluding hydrogens is 693 g/mol. The van der Waals surface area contributed by atoms with E-state index in [0.717, 1.165) is 49.5 Å². The second-order valence-corrected chi connectivity index (χ2v) is 16.5. The van der Waals surface area contributed by atoms with Crippen LogP contribution in [0.4, 0.5) is 0 Å². The van der Waals surface area contributed by atoms with Gasteiger partial charge in [0.1, 0.15) is 11.5 Å². The van der Waals surface area contributed by atoms with E-state index < -0.39 is 0 Å². The summed E-state index contributed by atoms with van der Waals surface area (Å²) in [4.78, 5) is 5.41. The number of hydrogen-bond donors (Lipinski definition) is 0. The summed E-state index contributed by atoms with van der Waals surface area (Å²) in [7, 11) is 7.83. The van der Waals surface area contributed by atoms with Crippen molar-refractivity contribution in [3.8, 4) is 11.5 Å². The van der Waals surface area contributed by atoms with E-state index in [4.69, 9.17) is 9.47 Å². The maximum Gasteiger partial charge on any atom is 0.177 e. The lowest BCUT2D eigenvalue weighted by Crippen LogP contribution is -2.46. The van der Waals surface area contributed by atoms with Gasteiger partial charge in [-0.15, -0.1) is 0 Å². The van der Waals surface area contributed by atoms with Crippen LogP contribution >= 0.6 is 0 Å². The monoisotopic (exact) mass is 746 g/mol. The van der Waals surface area contributed by atoms with E-state index in [1.54, 1.807) is 14.2 Å². The molecule has 0 spiro atoms. The Bertz CT molecular complexity index is 2560. The smallest absolute Gasteiger partial charge is 0.177 e. The van der Waals surface area contributed by atoms with Gasteiger partial charge in [0, 0.05) is 69.8 Å². The molecule has 56 heavy (non-hydrogen) atoms. The number of pyridine rings is 2. The Morgan fingerprint density at radius 3 is 1.34 bits per heavy atom. The molecular formula is C48H54N6O2+2. The number of piperidine rings is 2. The zero-order valence-electron chi connectivity index (χ0n) is 33.4. The molecule has 0 atom stereocenters. The average molecular weight is 747 g/mol. The Morgan fingerprint density at radius 1 is 0.518 bits per heavy atom. The van der Waals surface area contributed by atoms with E-state index in [2.05, 4.69) is 140 Å². The van der Waals surface area contributed by atoms with Crippen LogP contribution in [-0.2, 0) is 27.2 Å². The number of aryl methyl sites for hydroxylation is 2. The first kappa shape index (κ1) is 35.2. The molecule has 0 bridgehead atoms. The van der Waals surface area contributed by atoms with Gasteiger partial charge in [-0.3, -0.25) is 9.80 Å². The Balaban J connectivity index is 0.741. The number of fused-ring (bicyclic) bond motifs is 10. The zero-order chi connectivity index (χ0) is 37.9. The Hall–Kier alpha value is -5.18. The molecule has 0 unspecified atom stereocenters. The number of ether oxygens (including phenoxy) is 2. The van der Waals surface area contributed by atoms with Crippen LogP contribution in [-0.4, -0.2) is 72.4 Å². The number of nitrogens with zero attached hydrogens (tertiary/aromatic N) is 6. The fourth-order valence-corrected chi connectivity index (χ4v) is 10.3. The lowest BCUT2D eigenvalue weighted by Gasteiger charge is -2.39. The van der Waals surface area contributed by atoms with E-state index >= 15 is 0 Å². The Morgan fingerprint density at radius 2 is 0.929 bits per heavy atom. The van der Waals surface area contributed by atoms with Gasteiger partial charge in [0.05, 0.1) is 38.1 Å². The second-order valence-electron chi connectivity index (χ2n) is 16.5. The van der Waals surface area contributed by atoms with Gasteiger partial charge in [-0.1, -0.05) is 12.1 Å². The second kappa shape index (κ2) is 14.4. The van der Waals surface area contributed by atoms with Crippen LogP contribution < -0.4 is 18.6 Å². The number of hydrogen-bond acceptors (Lipinski definition) is 4. The van der Waals surface area contributed by atoms with Crippen molar-refractivity contribution in [2.45, 2.75) is 38.8 Å². The van der Waals surface area contributed by atoms with Crippen molar-refractivity contribution in [1.82, 2.24) is 18.9 Å². The van der Waals surface area contributed by atoms with Crippen LogP contribution in [0.5, 0.6) is 11.5 Å². The van der Waals surface area contributed by atoms with E-state index in [9.17, 15) is 0 Å². The normalized spacial score (nSPS) is 16.7. The van der Waals surface area contributed by atoms with Crippen LogP contribution in [0.2, 0.25) is 0 Å². The third kappa shape index (κ3) is 6.14. The lowest BCUT2D eigenvalue weighted by molar-refractivity contribution is -0.695. The van der Waals surface area contributed by atoms with Gasteiger partial charge in [0.25, 0.3) is 0 Å². The predicted molar refractivity (Wildman–Crippen MR) is 228 cm³/mol. The largest absolute Gasteiger partial charge is 0.497 e. The van der Waals surface area contributed by atoms with Crippen molar-refractivity contribution in [2.24, 2.45) is 25.9 Å². The van der Waals surface area contributed by atoms with E-state index in [1.165, 1.54) is 117 Å². The van der Waals surface area contributed by atoms with Gasteiger partial charge in [-0.05, 0) is 123 Å². The van der Waals surface area contributed by atoms with Crippen molar-refractivity contribution >= 4 is 65.2 Å². The molecule has 8 heteroatoms. The third-order valence-corrected chi connectivity index (χ3v) is 13.7. The molecule has 2 aliphatic heterocycles. The van der Waals surface area contributed by atoms with Crippen LogP contribution in [0.1, 0.15) is 25.7 Å². The average Bonchev–Trinajstić information content (AvgIpc) is 3.71. The minimum Gasteiger partial charge on any atom is -0.497 e. The summed E-state index contributed by atoms with van der Waals surface area (Å²) in [6.45, 7) is 9.13. The quantitative estimate of drug-likeness (QED) is 0.141. The van der Waals surface area contributed by atoms with Crippen molar-refractivity contribution in [3.05, 3.63) is 97.6 Å². The molecule has 286 valence electrons.